The van der Waals surface area contributed by atoms with E-state index in [1.807, 2.05) is 0 Å². The van der Waals surface area contributed by atoms with Crippen LogP contribution in [0.1, 0.15) is 6.42 Å². The molecule has 1 unspecified atom stereocenters. The lowest BCUT2D eigenvalue weighted by molar-refractivity contribution is 0.216. The molecule has 3 aromatic rings. The number of benzene rings is 1. The van der Waals surface area contributed by atoms with Gasteiger partial charge in [-0.15, -0.1) is 0 Å². The second kappa shape index (κ2) is 7.09. The van der Waals surface area contributed by atoms with Gasteiger partial charge >= 0.3 is 0 Å². The van der Waals surface area contributed by atoms with Gasteiger partial charge in [0, 0.05) is 30.7 Å². The van der Waals surface area contributed by atoms with Crippen LogP contribution in [0.15, 0.2) is 60.0 Å². The molecular formula is C18H17FN4O3S. The standard InChI is InChI=1S/C18H17FN4O3S/c19-14-1-2-18(17(9-14)13-3-6-20-7-4-13)26-15-5-8-23(12-15)27(24,25)16-10-21-22-11-16/h1-4,6-7,9-11,15H,5,8,12H2,(H,21,22). The van der Waals surface area contributed by atoms with Crippen molar-refractivity contribution >= 4 is 10.0 Å². The molecule has 0 spiro atoms. The van der Waals surface area contributed by atoms with Crippen molar-refractivity contribution in [3.8, 4) is 16.9 Å². The SMILES string of the molecule is O=S(=O)(c1cn[nH]c1)N1CCC(Oc2ccc(F)cc2-c2ccncc2)C1. The van der Waals surface area contributed by atoms with Crippen LogP contribution < -0.4 is 4.74 Å². The number of halogens is 1. The molecule has 0 saturated carbocycles. The lowest BCUT2D eigenvalue weighted by atomic mass is 10.1. The summed E-state index contributed by atoms with van der Waals surface area (Å²) in [6, 6.07) is 7.84. The molecule has 7 nitrogen and oxygen atoms in total. The predicted molar refractivity (Wildman–Crippen MR) is 96.0 cm³/mol. The maximum Gasteiger partial charge on any atom is 0.246 e. The summed E-state index contributed by atoms with van der Waals surface area (Å²) in [5.41, 5.74) is 1.38. The summed E-state index contributed by atoms with van der Waals surface area (Å²) in [5.74, 6) is 0.139. The first-order valence-electron chi connectivity index (χ1n) is 8.39. The molecule has 1 aliphatic rings. The fraction of sp³-hybridized carbons (Fsp3) is 0.222. The van der Waals surface area contributed by atoms with Gasteiger partial charge in [-0.05, 0) is 42.3 Å². The van der Waals surface area contributed by atoms with Gasteiger partial charge in [-0.2, -0.15) is 9.40 Å². The van der Waals surface area contributed by atoms with Gasteiger partial charge in [-0.25, -0.2) is 12.8 Å². The maximum atomic E-state index is 13.8. The number of H-pyrrole nitrogens is 1. The van der Waals surface area contributed by atoms with E-state index in [2.05, 4.69) is 15.2 Å². The zero-order valence-electron chi connectivity index (χ0n) is 14.2. The summed E-state index contributed by atoms with van der Waals surface area (Å²) < 4.78 is 46.3. The largest absolute Gasteiger partial charge is 0.488 e. The first-order chi connectivity index (χ1) is 13.0. The summed E-state index contributed by atoms with van der Waals surface area (Å²) in [4.78, 5) is 4.10. The van der Waals surface area contributed by atoms with E-state index in [0.717, 1.165) is 5.56 Å². The minimum absolute atomic E-state index is 0.127. The quantitative estimate of drug-likeness (QED) is 0.725. The van der Waals surface area contributed by atoms with E-state index in [9.17, 15) is 12.8 Å². The number of hydrogen-bond acceptors (Lipinski definition) is 5. The van der Waals surface area contributed by atoms with Crippen molar-refractivity contribution in [2.24, 2.45) is 0 Å². The van der Waals surface area contributed by atoms with Crippen molar-refractivity contribution in [2.45, 2.75) is 17.4 Å². The molecule has 3 heterocycles. The van der Waals surface area contributed by atoms with Gasteiger partial charge in [0.1, 0.15) is 22.6 Å². The fourth-order valence-corrected chi connectivity index (χ4v) is 4.48. The van der Waals surface area contributed by atoms with Crippen molar-refractivity contribution in [3.05, 3.63) is 60.9 Å². The molecular weight excluding hydrogens is 371 g/mol. The van der Waals surface area contributed by atoms with Crippen molar-refractivity contribution < 1.29 is 17.5 Å². The summed E-state index contributed by atoms with van der Waals surface area (Å²) in [6.45, 7) is 0.574. The molecule has 4 rings (SSSR count). The van der Waals surface area contributed by atoms with E-state index in [-0.39, 0.29) is 23.4 Å². The minimum atomic E-state index is -3.60. The Balaban J connectivity index is 1.55. The van der Waals surface area contributed by atoms with Crippen LogP contribution in [-0.4, -0.2) is 47.1 Å². The molecule has 27 heavy (non-hydrogen) atoms. The molecule has 1 aliphatic heterocycles. The maximum absolute atomic E-state index is 13.8. The molecule has 140 valence electrons. The monoisotopic (exact) mass is 388 g/mol. The normalized spacial score (nSPS) is 17.9. The Kier molecular flexibility index (Phi) is 4.63. The van der Waals surface area contributed by atoms with Gasteiger partial charge in [0.05, 0.1) is 12.7 Å². The second-order valence-electron chi connectivity index (χ2n) is 6.20. The average Bonchev–Trinajstić information content (AvgIpc) is 3.36. The average molecular weight is 388 g/mol. The van der Waals surface area contributed by atoms with Crippen LogP contribution in [-0.2, 0) is 10.0 Å². The number of rotatable bonds is 5. The smallest absolute Gasteiger partial charge is 0.246 e. The number of aromatic amines is 1. The molecule has 0 bridgehead atoms. The van der Waals surface area contributed by atoms with E-state index in [4.69, 9.17) is 4.74 Å². The number of pyridine rings is 1. The first-order valence-corrected chi connectivity index (χ1v) is 9.83. The molecule has 0 aliphatic carbocycles. The Labute approximate surface area is 155 Å². The summed E-state index contributed by atoms with van der Waals surface area (Å²) in [7, 11) is -3.60. The van der Waals surface area contributed by atoms with Gasteiger partial charge in [0.15, 0.2) is 0 Å². The third-order valence-corrected chi connectivity index (χ3v) is 6.28. The van der Waals surface area contributed by atoms with Gasteiger partial charge in [0.2, 0.25) is 10.0 Å². The highest BCUT2D eigenvalue weighted by molar-refractivity contribution is 7.89. The Morgan fingerprint density at radius 3 is 2.78 bits per heavy atom. The van der Waals surface area contributed by atoms with Crippen LogP contribution in [0.3, 0.4) is 0 Å². The van der Waals surface area contributed by atoms with Crippen molar-refractivity contribution in [2.75, 3.05) is 13.1 Å². The number of ether oxygens (including phenoxy) is 1. The number of hydrogen-bond donors (Lipinski definition) is 1. The number of nitrogens with zero attached hydrogens (tertiary/aromatic N) is 3. The van der Waals surface area contributed by atoms with Crippen LogP contribution >= 0.6 is 0 Å². The van der Waals surface area contributed by atoms with Crippen LogP contribution in [0.5, 0.6) is 5.75 Å². The van der Waals surface area contributed by atoms with Crippen LogP contribution in [0, 0.1) is 5.82 Å². The van der Waals surface area contributed by atoms with E-state index in [1.54, 1.807) is 30.6 Å². The third kappa shape index (κ3) is 3.56. The van der Waals surface area contributed by atoms with Crippen LogP contribution in [0.2, 0.25) is 0 Å². The van der Waals surface area contributed by atoms with Crippen molar-refractivity contribution in [1.29, 1.82) is 0 Å². The van der Waals surface area contributed by atoms with Gasteiger partial charge in [-0.3, -0.25) is 10.1 Å². The van der Waals surface area contributed by atoms with E-state index >= 15 is 0 Å². The summed E-state index contributed by atoms with van der Waals surface area (Å²) in [6.07, 6.45) is 6.11. The van der Waals surface area contributed by atoms with Gasteiger partial charge in [0.25, 0.3) is 0 Å². The lowest BCUT2D eigenvalue weighted by Gasteiger charge is -2.18. The number of nitrogens with one attached hydrogen (secondary N) is 1. The molecule has 1 saturated heterocycles. The second-order valence-corrected chi connectivity index (χ2v) is 8.14. The fourth-order valence-electron chi connectivity index (χ4n) is 3.08. The Morgan fingerprint density at radius 2 is 2.04 bits per heavy atom. The third-order valence-electron chi connectivity index (χ3n) is 4.45. The number of aromatic nitrogens is 3. The zero-order chi connectivity index (χ0) is 18.9. The Hall–Kier alpha value is -2.78. The molecule has 0 amide bonds. The molecule has 1 aromatic carbocycles. The van der Waals surface area contributed by atoms with Crippen molar-refractivity contribution in [3.63, 3.8) is 0 Å². The van der Waals surface area contributed by atoms with Crippen molar-refractivity contribution in [1.82, 2.24) is 19.5 Å². The lowest BCUT2D eigenvalue weighted by Crippen LogP contribution is -2.30. The highest BCUT2D eigenvalue weighted by Crippen LogP contribution is 2.33. The van der Waals surface area contributed by atoms with Gasteiger partial charge < -0.3 is 4.74 Å². The molecule has 1 atom stereocenters. The zero-order valence-corrected chi connectivity index (χ0v) is 15.1. The Morgan fingerprint density at radius 1 is 1.22 bits per heavy atom. The highest BCUT2D eigenvalue weighted by atomic mass is 32.2. The van der Waals surface area contributed by atoms with Crippen LogP contribution in [0.4, 0.5) is 4.39 Å². The Bertz CT molecular complexity index is 1030. The van der Waals surface area contributed by atoms with E-state index in [0.29, 0.717) is 24.3 Å². The van der Waals surface area contributed by atoms with E-state index < -0.39 is 10.0 Å². The highest BCUT2D eigenvalue weighted by Gasteiger charge is 2.34. The van der Waals surface area contributed by atoms with Crippen LogP contribution in [0.25, 0.3) is 11.1 Å². The molecule has 2 aromatic heterocycles. The minimum Gasteiger partial charge on any atom is -0.488 e. The predicted octanol–water partition coefficient (Wildman–Crippen LogP) is 2.45. The molecule has 0 radical (unpaired) electrons. The van der Waals surface area contributed by atoms with Gasteiger partial charge in [-0.1, -0.05) is 0 Å². The first kappa shape index (κ1) is 17.6. The molecule has 9 heteroatoms. The topological polar surface area (TPSA) is 88.2 Å². The molecule has 1 N–H and O–H groups in total. The number of sulfonamides is 1. The van der Waals surface area contributed by atoms with E-state index in [1.165, 1.54) is 28.8 Å². The molecule has 1 fully saturated rings. The summed E-state index contributed by atoms with van der Waals surface area (Å²) in [5, 5.41) is 6.21. The summed E-state index contributed by atoms with van der Waals surface area (Å²) >= 11 is 0.